The number of ether oxygens (including phenoxy) is 1. The number of carbonyl (C=O) groups excluding carboxylic acids is 1. The average Bonchev–Trinajstić information content (AvgIpc) is 3.34. The number of fused-ring (bicyclic) bond motifs is 1. The van der Waals surface area contributed by atoms with E-state index in [0.717, 1.165) is 32.6 Å². The van der Waals surface area contributed by atoms with Crippen LogP contribution in [-0.2, 0) is 22.7 Å². The number of urea groups is 1. The predicted molar refractivity (Wildman–Crippen MR) is 166 cm³/mol. The first-order valence-electron chi connectivity index (χ1n) is 13.0. The lowest BCUT2D eigenvalue weighted by Crippen LogP contribution is -2.41. The fourth-order valence-electron chi connectivity index (χ4n) is 4.44. The Kier molecular flexibility index (Phi) is 9.83. The normalized spacial score (nSPS) is 12.2. The monoisotopic (exact) mass is 627 g/mol. The molecule has 0 spiro atoms. The van der Waals surface area contributed by atoms with E-state index in [9.17, 15) is 23.2 Å². The van der Waals surface area contributed by atoms with E-state index in [1.165, 1.54) is 32.4 Å². The van der Waals surface area contributed by atoms with Crippen molar-refractivity contribution in [1.29, 1.82) is 0 Å². The Labute approximate surface area is 254 Å². The molecule has 0 fully saturated rings. The number of allylic oxidation sites excluding steroid dienone is 2. The summed E-state index contributed by atoms with van der Waals surface area (Å²) in [4.78, 5) is 47.1. The number of hydrogen-bond donors (Lipinski definition) is 4. The van der Waals surface area contributed by atoms with Crippen LogP contribution in [-0.4, -0.2) is 48.4 Å². The molecule has 0 saturated heterocycles. The van der Waals surface area contributed by atoms with Gasteiger partial charge in [-0.3, -0.25) is 14.2 Å². The van der Waals surface area contributed by atoms with Crippen molar-refractivity contribution in [3.63, 3.8) is 0 Å². The molecule has 15 heteroatoms. The summed E-state index contributed by atoms with van der Waals surface area (Å²) in [6, 6.07) is 9.59. The Balaban J connectivity index is 2.03. The summed E-state index contributed by atoms with van der Waals surface area (Å²) in [5.74, 6) is -2.02. The van der Waals surface area contributed by atoms with Crippen LogP contribution in [0.25, 0.3) is 26.5 Å². The van der Waals surface area contributed by atoms with Gasteiger partial charge in [0.05, 0.1) is 26.2 Å². The van der Waals surface area contributed by atoms with Crippen molar-refractivity contribution >= 4 is 39.1 Å². The average molecular weight is 628 g/mol. The van der Waals surface area contributed by atoms with Gasteiger partial charge in [-0.1, -0.05) is 18.2 Å². The zero-order valence-corrected chi connectivity index (χ0v) is 25.1. The molecule has 0 aliphatic carbocycles. The lowest BCUT2D eigenvalue weighted by Gasteiger charge is -2.15. The van der Waals surface area contributed by atoms with E-state index >= 15 is 0 Å². The largest absolute Gasteiger partial charge is 0.483 e. The highest BCUT2D eigenvalue weighted by atomic mass is 32.1. The zero-order chi connectivity index (χ0) is 32.1. The summed E-state index contributed by atoms with van der Waals surface area (Å²) in [6.07, 6.45) is 2.50. The van der Waals surface area contributed by atoms with Crippen LogP contribution in [0.15, 0.2) is 70.1 Å². The second kappa shape index (κ2) is 13.5. The molecule has 2 aromatic carbocycles. The number of halogens is 2. The van der Waals surface area contributed by atoms with Gasteiger partial charge in [-0.05, 0) is 55.6 Å². The lowest BCUT2D eigenvalue weighted by molar-refractivity contribution is 0.114. The number of hydroxylamine groups is 1. The molecule has 0 radical (unpaired) electrons. The molecular formula is C29H31F2N7O5S. The molecule has 4 rings (SSSR count). The highest BCUT2D eigenvalue weighted by molar-refractivity contribution is 7.22. The highest BCUT2D eigenvalue weighted by Crippen LogP contribution is 2.38. The molecule has 2 amide bonds. The third-order valence-electron chi connectivity index (χ3n) is 6.44. The number of thiophene rings is 1. The third kappa shape index (κ3) is 6.64. The molecule has 0 bridgehead atoms. The molecule has 0 unspecified atom stereocenters. The fourth-order valence-corrected chi connectivity index (χ4v) is 5.74. The Morgan fingerprint density at radius 2 is 1.68 bits per heavy atom. The first kappa shape index (κ1) is 31.9. The van der Waals surface area contributed by atoms with Crippen molar-refractivity contribution < 1.29 is 23.1 Å². The highest BCUT2D eigenvalue weighted by Gasteiger charge is 2.25. The van der Waals surface area contributed by atoms with Crippen molar-refractivity contribution in [2.45, 2.75) is 13.1 Å². The maximum atomic E-state index is 14.8. The van der Waals surface area contributed by atoms with Gasteiger partial charge >= 0.3 is 11.7 Å². The quantitative estimate of drug-likeness (QED) is 0.119. The van der Waals surface area contributed by atoms with Crippen LogP contribution >= 0.6 is 11.3 Å². The minimum Gasteiger partial charge on any atom is -0.483 e. The van der Waals surface area contributed by atoms with Gasteiger partial charge in [0.15, 0.2) is 5.88 Å². The smallest absolute Gasteiger partial charge is 0.343 e. The number of carbonyl (C=O) groups is 1. The molecule has 4 aromatic rings. The molecule has 0 saturated carbocycles. The van der Waals surface area contributed by atoms with Crippen molar-refractivity contribution in [2.75, 3.05) is 33.6 Å². The van der Waals surface area contributed by atoms with Gasteiger partial charge in [0.1, 0.15) is 22.3 Å². The molecule has 2 heterocycles. The van der Waals surface area contributed by atoms with Gasteiger partial charge in [0, 0.05) is 28.7 Å². The predicted octanol–water partition coefficient (Wildman–Crippen LogP) is 3.17. The number of hydrogen-bond acceptors (Lipinski definition) is 9. The Morgan fingerprint density at radius 3 is 2.27 bits per heavy atom. The summed E-state index contributed by atoms with van der Waals surface area (Å²) < 4.78 is 36.4. The number of anilines is 1. The van der Waals surface area contributed by atoms with E-state index in [1.54, 1.807) is 24.3 Å². The van der Waals surface area contributed by atoms with Crippen LogP contribution in [0.1, 0.15) is 11.1 Å². The molecule has 0 aliphatic heterocycles. The van der Waals surface area contributed by atoms with Crippen molar-refractivity contribution in [1.82, 2.24) is 19.5 Å². The van der Waals surface area contributed by atoms with Gasteiger partial charge in [-0.25, -0.2) is 28.4 Å². The molecule has 12 nitrogen and oxygen atoms in total. The van der Waals surface area contributed by atoms with Crippen LogP contribution in [0.4, 0.5) is 19.3 Å². The van der Waals surface area contributed by atoms with Gasteiger partial charge in [0.25, 0.3) is 5.56 Å². The Hall–Kier alpha value is -4.99. The van der Waals surface area contributed by atoms with E-state index in [0.29, 0.717) is 21.7 Å². The maximum Gasteiger partial charge on any atom is 0.343 e. The second-order valence-corrected chi connectivity index (χ2v) is 10.7. The summed E-state index contributed by atoms with van der Waals surface area (Å²) in [5.41, 5.74) is 13.8. The first-order chi connectivity index (χ1) is 21.0. The SMILES string of the molecule is CONC(=O)Nc1ccc(-c2sc3c(c2CN(C)C)c(=O)n(/C(N)=C/C=C(\N)OC)c(=O)n3Cc2c(F)cccc2F)cc1. The topological polar surface area (TPSA) is 159 Å². The van der Waals surface area contributed by atoms with Crippen LogP contribution < -0.4 is 33.5 Å². The van der Waals surface area contributed by atoms with Crippen LogP contribution in [0.2, 0.25) is 0 Å². The van der Waals surface area contributed by atoms with Crippen LogP contribution in [0.3, 0.4) is 0 Å². The Bertz CT molecular complexity index is 1860. The number of rotatable bonds is 10. The number of nitrogens with one attached hydrogen (secondary N) is 2. The number of amides is 2. The minimum atomic E-state index is -0.906. The molecular weight excluding hydrogens is 596 g/mol. The maximum absolute atomic E-state index is 14.8. The number of nitrogens with zero attached hydrogens (tertiary/aromatic N) is 3. The Morgan fingerprint density at radius 1 is 1.02 bits per heavy atom. The molecule has 0 aliphatic rings. The number of nitrogens with two attached hydrogens (primary N) is 2. The molecule has 44 heavy (non-hydrogen) atoms. The minimum absolute atomic E-state index is 0.0282. The van der Waals surface area contributed by atoms with E-state index in [4.69, 9.17) is 16.2 Å². The molecule has 0 atom stereocenters. The van der Waals surface area contributed by atoms with Gasteiger partial charge < -0.3 is 26.4 Å². The van der Waals surface area contributed by atoms with E-state index in [2.05, 4.69) is 15.6 Å². The molecule has 2 aromatic heterocycles. The van der Waals surface area contributed by atoms with Crippen molar-refractivity contribution in [3.05, 3.63) is 104 Å². The van der Waals surface area contributed by atoms with Crippen molar-refractivity contribution in [3.8, 4) is 10.4 Å². The number of aromatic nitrogens is 2. The molecule has 6 N–H and O–H groups in total. The number of methoxy groups -OCH3 is 1. The van der Waals surface area contributed by atoms with E-state index < -0.39 is 35.5 Å². The second-order valence-electron chi connectivity index (χ2n) is 9.74. The third-order valence-corrected chi connectivity index (χ3v) is 7.74. The van der Waals surface area contributed by atoms with E-state index in [1.807, 2.05) is 19.0 Å². The van der Waals surface area contributed by atoms with E-state index in [-0.39, 0.29) is 34.0 Å². The van der Waals surface area contributed by atoms with Gasteiger partial charge in [0.2, 0.25) is 0 Å². The zero-order valence-electron chi connectivity index (χ0n) is 24.3. The lowest BCUT2D eigenvalue weighted by atomic mass is 10.1. The first-order valence-corrected chi connectivity index (χ1v) is 13.8. The molecule has 232 valence electrons. The van der Waals surface area contributed by atoms with Gasteiger partial charge in [-0.15, -0.1) is 11.3 Å². The van der Waals surface area contributed by atoms with Crippen LogP contribution in [0, 0.1) is 11.6 Å². The van der Waals surface area contributed by atoms with Gasteiger partial charge in [-0.2, -0.15) is 0 Å². The fraction of sp³-hybridized carbons (Fsp3) is 0.207. The summed E-state index contributed by atoms with van der Waals surface area (Å²) in [5, 5.41) is 2.76. The summed E-state index contributed by atoms with van der Waals surface area (Å²) in [6.45, 7) is -0.247. The summed E-state index contributed by atoms with van der Waals surface area (Å²) in [7, 11) is 6.26. The number of benzene rings is 2. The van der Waals surface area contributed by atoms with Crippen molar-refractivity contribution in [2.24, 2.45) is 11.5 Å². The standard InChI is InChI=1S/C29H31F2N7O5S/c1-36(2)14-19-24-26(39)38(22(32)12-13-23(33)42-3)29(41)37(15-18-20(30)6-5-7-21(18)31)27(24)44-25(19)16-8-10-17(11-9-16)34-28(40)35-43-4/h5-13H,14-15,32-33H2,1-4H3,(H2,34,35,40)/b22-12+,23-13+. The summed E-state index contributed by atoms with van der Waals surface area (Å²) >= 11 is 1.12. The van der Waals surface area contributed by atoms with Crippen LogP contribution in [0.5, 0.6) is 0 Å².